The molecule has 2 rings (SSSR count). The molecule has 1 aromatic carbocycles. The molecule has 0 unspecified atom stereocenters. The van der Waals surface area contributed by atoms with E-state index in [4.69, 9.17) is 0 Å². The fourth-order valence-corrected chi connectivity index (χ4v) is 1.37. The molecular formula is C10H11N3O2. The van der Waals surface area contributed by atoms with Crippen molar-refractivity contribution in [3.05, 3.63) is 35.9 Å². The first-order valence-electron chi connectivity index (χ1n) is 4.64. The Kier molecular flexibility index (Phi) is 2.53. The second-order valence-corrected chi connectivity index (χ2v) is 3.26. The second kappa shape index (κ2) is 4.00. The summed E-state index contributed by atoms with van der Waals surface area (Å²) >= 11 is 0. The molecule has 5 nitrogen and oxygen atoms in total. The lowest BCUT2D eigenvalue weighted by atomic mass is 10.2. The number of carbonyl (C=O) groups is 2. The summed E-state index contributed by atoms with van der Waals surface area (Å²) in [5, 5.41) is 3.72. The first kappa shape index (κ1) is 9.51. The molecule has 1 aromatic rings. The highest BCUT2D eigenvalue weighted by molar-refractivity contribution is 5.89. The first-order valence-corrected chi connectivity index (χ1v) is 4.64. The van der Waals surface area contributed by atoms with E-state index in [9.17, 15) is 9.59 Å². The van der Waals surface area contributed by atoms with Crippen LogP contribution in [0.3, 0.4) is 0 Å². The molecule has 0 atom stereocenters. The van der Waals surface area contributed by atoms with Crippen molar-refractivity contribution in [1.82, 2.24) is 15.8 Å². The molecule has 0 aromatic heterocycles. The van der Waals surface area contributed by atoms with E-state index in [1.807, 2.05) is 30.3 Å². The van der Waals surface area contributed by atoms with Gasteiger partial charge in [-0.3, -0.25) is 4.79 Å². The third kappa shape index (κ3) is 2.25. The van der Waals surface area contributed by atoms with Crippen molar-refractivity contribution in [1.29, 1.82) is 0 Å². The lowest BCUT2D eigenvalue weighted by molar-refractivity contribution is -0.134. The largest absolute Gasteiger partial charge is 0.334 e. The molecule has 0 spiro atoms. The highest BCUT2D eigenvalue weighted by Gasteiger charge is 2.21. The first-order chi connectivity index (χ1) is 7.25. The van der Waals surface area contributed by atoms with E-state index in [2.05, 4.69) is 10.7 Å². The Bertz CT molecular complexity index is 378. The number of nitrogens with zero attached hydrogens (tertiary/aromatic N) is 1. The van der Waals surface area contributed by atoms with E-state index in [0.29, 0.717) is 6.54 Å². The predicted molar refractivity (Wildman–Crippen MR) is 53.5 cm³/mol. The molecule has 0 aliphatic carbocycles. The van der Waals surface area contributed by atoms with Gasteiger partial charge in [-0.1, -0.05) is 30.3 Å². The van der Waals surface area contributed by atoms with Gasteiger partial charge in [0, 0.05) is 0 Å². The third-order valence-corrected chi connectivity index (χ3v) is 2.12. The van der Waals surface area contributed by atoms with E-state index in [-0.39, 0.29) is 18.5 Å². The number of benzene rings is 1. The molecule has 15 heavy (non-hydrogen) atoms. The summed E-state index contributed by atoms with van der Waals surface area (Å²) in [6.07, 6.45) is 0. The van der Waals surface area contributed by atoms with Crippen molar-refractivity contribution in [3.63, 3.8) is 0 Å². The summed E-state index contributed by atoms with van der Waals surface area (Å²) < 4.78 is 0. The Morgan fingerprint density at radius 2 is 1.93 bits per heavy atom. The fourth-order valence-electron chi connectivity index (χ4n) is 1.37. The van der Waals surface area contributed by atoms with Gasteiger partial charge in [0.1, 0.15) is 6.54 Å². The maximum atomic E-state index is 11.4. The van der Waals surface area contributed by atoms with E-state index >= 15 is 0 Å². The molecule has 1 heterocycles. The molecule has 0 bridgehead atoms. The lowest BCUT2D eigenvalue weighted by Crippen LogP contribution is -2.58. The van der Waals surface area contributed by atoms with Crippen LogP contribution in [0.5, 0.6) is 0 Å². The van der Waals surface area contributed by atoms with Gasteiger partial charge in [0.05, 0.1) is 6.54 Å². The van der Waals surface area contributed by atoms with E-state index in [1.54, 1.807) is 0 Å². The average Bonchev–Trinajstić information content (AvgIpc) is 2.25. The molecule has 0 radical (unpaired) electrons. The average molecular weight is 205 g/mol. The standard InChI is InChI=1S/C10H11N3O2/c14-9-6-11-10(15)12-13(9)7-8-4-2-1-3-5-8/h1-5H,6-7H2,(H2,11,12,15). The molecule has 1 fully saturated rings. The Morgan fingerprint density at radius 1 is 1.20 bits per heavy atom. The number of hydrogen-bond donors (Lipinski definition) is 2. The SMILES string of the molecule is O=C1NCC(=O)N(Cc2ccccc2)N1. The van der Waals surface area contributed by atoms with Gasteiger partial charge in [0.2, 0.25) is 0 Å². The molecule has 3 amide bonds. The Morgan fingerprint density at radius 3 is 2.67 bits per heavy atom. The summed E-state index contributed by atoms with van der Waals surface area (Å²) in [7, 11) is 0. The maximum absolute atomic E-state index is 11.4. The van der Waals surface area contributed by atoms with E-state index in [1.165, 1.54) is 5.01 Å². The number of urea groups is 1. The smallest absolute Gasteiger partial charge is 0.328 e. The van der Waals surface area contributed by atoms with Crippen molar-refractivity contribution >= 4 is 11.9 Å². The Balaban J connectivity index is 2.05. The Hall–Kier alpha value is -2.04. The van der Waals surface area contributed by atoms with Crippen LogP contribution < -0.4 is 10.7 Å². The minimum absolute atomic E-state index is 0.0542. The van der Waals surface area contributed by atoms with Crippen molar-refractivity contribution in [2.45, 2.75) is 6.54 Å². The summed E-state index contributed by atoms with van der Waals surface area (Å²) in [5.41, 5.74) is 3.43. The molecule has 1 saturated heterocycles. The molecular weight excluding hydrogens is 194 g/mol. The molecule has 0 saturated carbocycles. The number of rotatable bonds is 2. The topological polar surface area (TPSA) is 61.4 Å². The van der Waals surface area contributed by atoms with Gasteiger partial charge in [-0.15, -0.1) is 0 Å². The van der Waals surface area contributed by atoms with Crippen LogP contribution in [0.25, 0.3) is 0 Å². The van der Waals surface area contributed by atoms with Gasteiger partial charge < -0.3 is 5.32 Å². The van der Waals surface area contributed by atoms with Crippen molar-refractivity contribution in [3.8, 4) is 0 Å². The molecule has 1 aliphatic heterocycles. The summed E-state index contributed by atoms with van der Waals surface area (Å²) in [5.74, 6) is -0.140. The zero-order valence-electron chi connectivity index (χ0n) is 8.06. The molecule has 5 heteroatoms. The number of hydrazine groups is 1. The minimum atomic E-state index is -0.342. The van der Waals surface area contributed by atoms with Gasteiger partial charge in [0.25, 0.3) is 5.91 Å². The van der Waals surface area contributed by atoms with E-state index < -0.39 is 0 Å². The van der Waals surface area contributed by atoms with Crippen LogP contribution in [-0.2, 0) is 11.3 Å². The molecule has 78 valence electrons. The van der Waals surface area contributed by atoms with Crippen LogP contribution in [0, 0.1) is 0 Å². The summed E-state index contributed by atoms with van der Waals surface area (Å²) in [6.45, 7) is 0.450. The quantitative estimate of drug-likeness (QED) is 0.726. The lowest BCUT2D eigenvalue weighted by Gasteiger charge is -2.27. The van der Waals surface area contributed by atoms with Gasteiger partial charge >= 0.3 is 6.03 Å². The van der Waals surface area contributed by atoms with Crippen LogP contribution in [0.4, 0.5) is 4.79 Å². The highest BCUT2D eigenvalue weighted by Crippen LogP contribution is 2.03. The van der Waals surface area contributed by atoms with Crippen LogP contribution in [0.2, 0.25) is 0 Å². The molecule has 1 aliphatic rings. The van der Waals surface area contributed by atoms with Gasteiger partial charge in [-0.25, -0.2) is 15.2 Å². The zero-order chi connectivity index (χ0) is 10.7. The molecule has 2 N–H and O–H groups in total. The maximum Gasteiger partial charge on any atom is 0.334 e. The number of amides is 3. The van der Waals surface area contributed by atoms with Crippen LogP contribution in [-0.4, -0.2) is 23.5 Å². The van der Waals surface area contributed by atoms with Crippen molar-refractivity contribution < 1.29 is 9.59 Å². The number of hydrogen-bond acceptors (Lipinski definition) is 2. The fraction of sp³-hybridized carbons (Fsp3) is 0.200. The number of carbonyl (C=O) groups excluding carboxylic acids is 2. The highest BCUT2D eigenvalue weighted by atomic mass is 16.2. The predicted octanol–water partition coefficient (Wildman–Crippen LogP) is 0.243. The number of nitrogens with one attached hydrogen (secondary N) is 2. The zero-order valence-corrected chi connectivity index (χ0v) is 8.06. The van der Waals surface area contributed by atoms with Crippen LogP contribution >= 0.6 is 0 Å². The normalized spacial score (nSPS) is 15.9. The monoisotopic (exact) mass is 205 g/mol. The van der Waals surface area contributed by atoms with Gasteiger partial charge in [0.15, 0.2) is 0 Å². The summed E-state index contributed by atoms with van der Waals surface area (Å²) in [4.78, 5) is 22.4. The van der Waals surface area contributed by atoms with Gasteiger partial charge in [-0.05, 0) is 5.56 Å². The van der Waals surface area contributed by atoms with Crippen molar-refractivity contribution in [2.75, 3.05) is 6.54 Å². The van der Waals surface area contributed by atoms with Crippen molar-refractivity contribution in [2.24, 2.45) is 0 Å². The third-order valence-electron chi connectivity index (χ3n) is 2.12. The van der Waals surface area contributed by atoms with Crippen LogP contribution in [0.1, 0.15) is 5.56 Å². The second-order valence-electron chi connectivity index (χ2n) is 3.26. The summed E-state index contributed by atoms with van der Waals surface area (Å²) in [6, 6.07) is 9.16. The minimum Gasteiger partial charge on any atom is -0.328 e. The van der Waals surface area contributed by atoms with E-state index in [0.717, 1.165) is 5.56 Å². The van der Waals surface area contributed by atoms with Gasteiger partial charge in [-0.2, -0.15) is 0 Å². The Labute approximate surface area is 87.0 Å². The van der Waals surface area contributed by atoms with Crippen LogP contribution in [0.15, 0.2) is 30.3 Å².